The fourth-order valence-corrected chi connectivity index (χ4v) is 4.21. The van der Waals surface area contributed by atoms with Crippen LogP contribution in [0.2, 0.25) is 5.02 Å². The number of aromatic nitrogens is 2. The van der Waals surface area contributed by atoms with Crippen molar-refractivity contribution in [1.29, 1.82) is 0 Å². The third-order valence-electron chi connectivity index (χ3n) is 3.74. The monoisotopic (exact) mass is 364 g/mol. The second-order valence-electron chi connectivity index (χ2n) is 5.23. The molecule has 0 spiro atoms. The van der Waals surface area contributed by atoms with Gasteiger partial charge in [-0.15, -0.1) is 12.4 Å². The molecule has 1 atom stereocenters. The van der Waals surface area contributed by atoms with E-state index in [1.54, 1.807) is 12.3 Å². The molecule has 9 heteroatoms. The first-order valence-corrected chi connectivity index (χ1v) is 8.76. The number of piperidine rings is 1. The summed E-state index contributed by atoms with van der Waals surface area (Å²) in [5.74, 6) is 0.326. The van der Waals surface area contributed by atoms with E-state index in [1.165, 1.54) is 6.20 Å². The number of hydrogen-bond donors (Lipinski definition) is 3. The van der Waals surface area contributed by atoms with Gasteiger partial charge in [-0.3, -0.25) is 0 Å². The second-order valence-corrected chi connectivity index (χ2v) is 7.38. The van der Waals surface area contributed by atoms with Crippen molar-refractivity contribution in [3.63, 3.8) is 0 Å². The first-order valence-electron chi connectivity index (χ1n) is 6.90. The van der Waals surface area contributed by atoms with Crippen LogP contribution in [0, 0.1) is 5.92 Å². The third-order valence-corrected chi connectivity index (χ3v) is 5.50. The van der Waals surface area contributed by atoms with Crippen molar-refractivity contribution in [2.45, 2.75) is 17.7 Å². The molecule has 1 unspecified atom stereocenters. The van der Waals surface area contributed by atoms with Crippen molar-refractivity contribution >= 4 is 45.1 Å². The maximum absolute atomic E-state index is 12.5. The quantitative estimate of drug-likeness (QED) is 0.773. The molecule has 22 heavy (non-hydrogen) atoms. The van der Waals surface area contributed by atoms with Gasteiger partial charge in [-0.1, -0.05) is 11.6 Å². The average molecular weight is 365 g/mol. The molecule has 0 aromatic carbocycles. The standard InChI is InChI=1S/C13H17ClN4O2S.ClH/c14-10-3-5-16-13-12(10)11(8-17-13)21(19,20)18-7-9-2-1-4-15-6-9;/h3,5,8-9,15,18H,1-2,4,6-7H2,(H,16,17);1H. The largest absolute Gasteiger partial charge is 0.345 e. The minimum absolute atomic E-state index is 0. The molecule has 0 saturated carbocycles. The number of hydrogen-bond acceptors (Lipinski definition) is 4. The summed E-state index contributed by atoms with van der Waals surface area (Å²) in [5.41, 5.74) is 0.474. The van der Waals surface area contributed by atoms with E-state index >= 15 is 0 Å². The van der Waals surface area contributed by atoms with Crippen LogP contribution in [-0.2, 0) is 10.0 Å². The maximum atomic E-state index is 12.5. The number of nitrogens with zero attached hydrogens (tertiary/aromatic N) is 1. The molecule has 1 aliphatic heterocycles. The molecule has 3 heterocycles. The summed E-state index contributed by atoms with van der Waals surface area (Å²) < 4.78 is 27.6. The van der Waals surface area contributed by atoms with Gasteiger partial charge in [-0.2, -0.15) is 0 Å². The van der Waals surface area contributed by atoms with Crippen molar-refractivity contribution in [3.8, 4) is 0 Å². The molecular formula is C13H18Cl2N4O2S. The Kier molecular flexibility index (Phi) is 5.68. The third kappa shape index (κ3) is 3.55. The zero-order valence-electron chi connectivity index (χ0n) is 11.8. The lowest BCUT2D eigenvalue weighted by molar-refractivity contribution is 0.376. The normalized spacial score (nSPS) is 19.0. The van der Waals surface area contributed by atoms with Gasteiger partial charge in [-0.25, -0.2) is 18.1 Å². The molecular weight excluding hydrogens is 347 g/mol. The number of sulfonamides is 1. The molecule has 1 saturated heterocycles. The predicted molar refractivity (Wildman–Crippen MR) is 89.1 cm³/mol. The van der Waals surface area contributed by atoms with Crippen molar-refractivity contribution in [1.82, 2.24) is 20.0 Å². The Morgan fingerprint density at radius 2 is 2.27 bits per heavy atom. The van der Waals surface area contributed by atoms with Gasteiger partial charge in [0.05, 0.1) is 10.4 Å². The number of fused-ring (bicyclic) bond motifs is 1. The Morgan fingerprint density at radius 3 is 3.00 bits per heavy atom. The Morgan fingerprint density at radius 1 is 1.45 bits per heavy atom. The van der Waals surface area contributed by atoms with Crippen LogP contribution in [-0.4, -0.2) is 38.0 Å². The van der Waals surface area contributed by atoms with Gasteiger partial charge < -0.3 is 10.3 Å². The molecule has 3 rings (SSSR count). The van der Waals surface area contributed by atoms with Crippen molar-refractivity contribution in [3.05, 3.63) is 23.5 Å². The molecule has 0 radical (unpaired) electrons. The average Bonchev–Trinajstić information content (AvgIpc) is 2.93. The number of rotatable bonds is 4. The lowest BCUT2D eigenvalue weighted by Gasteiger charge is -2.22. The van der Waals surface area contributed by atoms with E-state index in [9.17, 15) is 8.42 Å². The SMILES string of the molecule is Cl.O=S(=O)(NCC1CCCNC1)c1c[nH]c2nccc(Cl)c12. The van der Waals surface area contributed by atoms with Gasteiger partial charge in [0.2, 0.25) is 10.0 Å². The van der Waals surface area contributed by atoms with E-state index < -0.39 is 10.0 Å². The van der Waals surface area contributed by atoms with Crippen LogP contribution in [0.3, 0.4) is 0 Å². The zero-order valence-corrected chi connectivity index (χ0v) is 14.2. The first-order chi connectivity index (χ1) is 10.1. The highest BCUT2D eigenvalue weighted by Gasteiger charge is 2.23. The van der Waals surface area contributed by atoms with E-state index in [-0.39, 0.29) is 17.3 Å². The van der Waals surface area contributed by atoms with Gasteiger partial charge in [-0.05, 0) is 37.9 Å². The van der Waals surface area contributed by atoms with E-state index in [4.69, 9.17) is 11.6 Å². The Bertz CT molecular complexity index is 742. The number of halogens is 2. The molecule has 2 aromatic heterocycles. The fraction of sp³-hybridized carbons (Fsp3) is 0.462. The minimum Gasteiger partial charge on any atom is -0.345 e. The van der Waals surface area contributed by atoms with Crippen LogP contribution in [0.25, 0.3) is 11.0 Å². The molecule has 0 bridgehead atoms. The molecule has 122 valence electrons. The molecule has 0 amide bonds. The topological polar surface area (TPSA) is 86.9 Å². The lowest BCUT2D eigenvalue weighted by atomic mass is 10.0. The highest BCUT2D eigenvalue weighted by atomic mass is 35.5. The van der Waals surface area contributed by atoms with Crippen molar-refractivity contribution in [2.24, 2.45) is 5.92 Å². The fourth-order valence-electron chi connectivity index (χ4n) is 2.60. The van der Waals surface area contributed by atoms with Gasteiger partial charge >= 0.3 is 0 Å². The summed E-state index contributed by atoms with van der Waals surface area (Å²) in [6, 6.07) is 1.59. The van der Waals surface area contributed by atoms with Gasteiger partial charge in [0.25, 0.3) is 0 Å². The van der Waals surface area contributed by atoms with Crippen LogP contribution >= 0.6 is 24.0 Å². The molecule has 0 aliphatic carbocycles. The summed E-state index contributed by atoms with van der Waals surface area (Å²) in [4.78, 5) is 7.08. The first kappa shape index (κ1) is 17.5. The minimum atomic E-state index is -3.60. The van der Waals surface area contributed by atoms with Crippen molar-refractivity contribution in [2.75, 3.05) is 19.6 Å². The van der Waals surface area contributed by atoms with Gasteiger partial charge in [0, 0.05) is 18.9 Å². The Balaban J connectivity index is 0.00000176. The Labute approximate surface area is 140 Å². The second kappa shape index (κ2) is 7.14. The summed E-state index contributed by atoms with van der Waals surface area (Å²) >= 11 is 6.10. The molecule has 2 aromatic rings. The summed E-state index contributed by atoms with van der Waals surface area (Å²) in [7, 11) is -3.60. The maximum Gasteiger partial charge on any atom is 0.242 e. The number of aromatic amines is 1. The van der Waals surface area contributed by atoms with Crippen LogP contribution in [0.1, 0.15) is 12.8 Å². The van der Waals surface area contributed by atoms with Crippen molar-refractivity contribution < 1.29 is 8.42 Å². The van der Waals surface area contributed by atoms with Gasteiger partial charge in [0.1, 0.15) is 10.5 Å². The number of pyridine rings is 1. The van der Waals surface area contributed by atoms with Crippen LogP contribution in [0.15, 0.2) is 23.4 Å². The summed E-state index contributed by atoms with van der Waals surface area (Å²) in [6.45, 7) is 2.28. The number of nitrogens with one attached hydrogen (secondary N) is 3. The molecule has 1 aliphatic rings. The highest BCUT2D eigenvalue weighted by Crippen LogP contribution is 2.28. The Hall–Kier alpha value is -0.860. The van der Waals surface area contributed by atoms with Gasteiger partial charge in [0.15, 0.2) is 0 Å². The van der Waals surface area contributed by atoms with E-state index in [0.29, 0.717) is 28.5 Å². The number of H-pyrrole nitrogens is 1. The van der Waals surface area contributed by atoms with E-state index in [1.807, 2.05) is 0 Å². The summed E-state index contributed by atoms with van der Waals surface area (Å²) in [6.07, 6.45) is 5.09. The zero-order chi connectivity index (χ0) is 14.9. The summed E-state index contributed by atoms with van der Waals surface area (Å²) in [5, 5.41) is 4.09. The molecule has 1 fully saturated rings. The predicted octanol–water partition coefficient (Wildman–Crippen LogP) is 1.92. The van der Waals surface area contributed by atoms with E-state index in [0.717, 1.165) is 25.9 Å². The lowest BCUT2D eigenvalue weighted by Crippen LogP contribution is -2.38. The smallest absolute Gasteiger partial charge is 0.242 e. The van der Waals surface area contributed by atoms with E-state index in [2.05, 4.69) is 20.0 Å². The molecule has 3 N–H and O–H groups in total. The van der Waals surface area contributed by atoms with Crippen LogP contribution in [0.5, 0.6) is 0 Å². The van der Waals surface area contributed by atoms with Crippen LogP contribution in [0.4, 0.5) is 0 Å². The molecule has 6 nitrogen and oxygen atoms in total. The highest BCUT2D eigenvalue weighted by molar-refractivity contribution is 7.89. The van der Waals surface area contributed by atoms with Crippen LogP contribution < -0.4 is 10.0 Å².